The molecule has 1 unspecified atom stereocenters. The van der Waals surface area contributed by atoms with Gasteiger partial charge in [-0.15, -0.1) is 0 Å². The Bertz CT molecular complexity index is 54.1. The summed E-state index contributed by atoms with van der Waals surface area (Å²) in [7, 11) is 11.3. The van der Waals surface area contributed by atoms with Crippen LogP contribution in [0.25, 0.3) is 0 Å². The van der Waals surface area contributed by atoms with Gasteiger partial charge in [-0.3, -0.25) is 0 Å². The summed E-state index contributed by atoms with van der Waals surface area (Å²) in [6.07, 6.45) is 0. The van der Waals surface area contributed by atoms with Crippen LogP contribution in [-0.4, -0.2) is 6.61 Å². The zero-order chi connectivity index (χ0) is 5.91. The normalized spacial score (nSPS) is 14.3. The molecule has 0 bridgehead atoms. The van der Waals surface area contributed by atoms with Gasteiger partial charge in [-0.25, -0.2) is 0 Å². The average molecular weight is 181 g/mol. The van der Waals surface area contributed by atoms with E-state index in [1.165, 1.54) is 0 Å². The van der Waals surface area contributed by atoms with Crippen LogP contribution >= 0.6 is 38.2 Å². The Morgan fingerprint density at radius 2 is 2.14 bits per heavy atom. The highest BCUT2D eigenvalue weighted by molar-refractivity contribution is 8.89. The summed E-state index contributed by atoms with van der Waals surface area (Å²) in [6.45, 7) is 2.41. The van der Waals surface area contributed by atoms with Crippen LogP contribution in [0.4, 0.5) is 0 Å². The lowest BCUT2D eigenvalue weighted by Gasteiger charge is -2.15. The Hall–Kier alpha value is 1.32. The highest BCUT2D eigenvalue weighted by Gasteiger charge is 2.06. The lowest BCUT2D eigenvalue weighted by molar-refractivity contribution is 0.402. The summed E-state index contributed by atoms with van der Waals surface area (Å²) in [5.41, 5.74) is 0. The third kappa shape index (κ3) is 7.32. The van der Waals surface area contributed by atoms with Gasteiger partial charge in [0, 0.05) is 8.36 Å². The van der Waals surface area contributed by atoms with Crippen LogP contribution in [0, 0.1) is 0 Å². The Morgan fingerprint density at radius 3 is 2.14 bits per heavy atom. The molecule has 7 heavy (non-hydrogen) atoms. The molecule has 0 amide bonds. The molecular formula is C2H7Cl2OPS. The van der Waals surface area contributed by atoms with Crippen molar-refractivity contribution in [2.45, 2.75) is 6.92 Å². The summed E-state index contributed by atoms with van der Waals surface area (Å²) < 4.78 is 4.81. The van der Waals surface area contributed by atoms with Crippen molar-refractivity contribution in [1.82, 2.24) is 0 Å². The van der Waals surface area contributed by atoms with Gasteiger partial charge in [-0.1, -0.05) is 0 Å². The standard InChI is InChI=1S/C2H7Cl2OPS/c1-2-5-7(3,4)6/h2,6H2,1H3. The third-order valence-corrected chi connectivity index (χ3v) is 1.77. The van der Waals surface area contributed by atoms with Gasteiger partial charge >= 0.3 is 0 Å². The van der Waals surface area contributed by atoms with Crippen molar-refractivity contribution in [3.63, 3.8) is 0 Å². The number of halogens is 2. The zero-order valence-corrected chi connectivity index (χ0v) is 7.34. The summed E-state index contributed by atoms with van der Waals surface area (Å²) in [4.78, 5) is 0. The fraction of sp³-hybridized carbons (Fsp3) is 1.00. The molecule has 0 spiro atoms. The van der Waals surface area contributed by atoms with E-state index >= 15 is 0 Å². The van der Waals surface area contributed by atoms with E-state index in [4.69, 9.17) is 25.5 Å². The summed E-state index contributed by atoms with van der Waals surface area (Å²) in [5, 5.41) is 0. The maximum absolute atomic E-state index is 5.42. The van der Waals surface area contributed by atoms with Crippen molar-refractivity contribution >= 4 is 38.2 Å². The Morgan fingerprint density at radius 1 is 1.71 bits per heavy atom. The zero-order valence-electron chi connectivity index (χ0n) is 3.86. The second-order valence-corrected chi connectivity index (χ2v) is 9.03. The predicted molar refractivity (Wildman–Crippen MR) is 40.6 cm³/mol. The van der Waals surface area contributed by atoms with Gasteiger partial charge in [-0.05, 0) is 36.7 Å². The Balaban J connectivity index is 3.15. The first kappa shape index (κ1) is 8.32. The Kier molecular flexibility index (Phi) is 4.00. The topological polar surface area (TPSA) is 9.23 Å². The average Bonchev–Trinajstić information content (AvgIpc) is 1.30. The van der Waals surface area contributed by atoms with E-state index in [1.54, 1.807) is 0 Å². The van der Waals surface area contributed by atoms with Gasteiger partial charge in [0.15, 0.2) is 0 Å². The van der Waals surface area contributed by atoms with E-state index in [-0.39, 0.29) is 0 Å². The van der Waals surface area contributed by atoms with E-state index in [0.29, 0.717) is 6.61 Å². The van der Waals surface area contributed by atoms with E-state index in [2.05, 4.69) is 8.44 Å². The summed E-state index contributed by atoms with van der Waals surface area (Å²) in [5.74, 6) is 0. The first-order valence-electron chi connectivity index (χ1n) is 1.71. The van der Waals surface area contributed by atoms with Crippen LogP contribution in [0.5, 0.6) is 0 Å². The molecule has 1 atom stereocenters. The molecule has 0 aromatic rings. The van der Waals surface area contributed by atoms with Crippen molar-refractivity contribution in [3.8, 4) is 0 Å². The van der Waals surface area contributed by atoms with Gasteiger partial charge in [0.1, 0.15) is 0 Å². The van der Waals surface area contributed by atoms with Gasteiger partial charge in [-0.2, -0.15) is 0 Å². The summed E-state index contributed by atoms with van der Waals surface area (Å²) >= 11 is 0. The third-order valence-electron chi connectivity index (χ3n) is 0.275. The molecular weight excluding hydrogens is 174 g/mol. The minimum Gasteiger partial charge on any atom is -0.307 e. The molecule has 0 rings (SSSR count). The number of hydrogen-bond donors (Lipinski definition) is 0. The molecule has 0 aliphatic heterocycles. The van der Waals surface area contributed by atoms with E-state index < -0.39 is 8.36 Å². The smallest absolute Gasteiger partial charge is 0.0595 e. The molecule has 0 fully saturated rings. The maximum Gasteiger partial charge on any atom is 0.0595 e. The summed E-state index contributed by atoms with van der Waals surface area (Å²) in [6, 6.07) is 0. The van der Waals surface area contributed by atoms with Gasteiger partial charge in [0.25, 0.3) is 0 Å². The van der Waals surface area contributed by atoms with Crippen LogP contribution in [-0.2, 0) is 4.18 Å². The molecule has 0 saturated heterocycles. The highest BCUT2D eigenvalue weighted by atomic mass is 36.0. The molecule has 0 aromatic carbocycles. The van der Waals surface area contributed by atoms with Crippen molar-refractivity contribution in [2.75, 3.05) is 6.61 Å². The van der Waals surface area contributed by atoms with Crippen molar-refractivity contribution in [1.29, 1.82) is 0 Å². The minimum atomic E-state index is -1.81. The lowest BCUT2D eigenvalue weighted by Crippen LogP contribution is -1.79. The highest BCUT2D eigenvalue weighted by Crippen LogP contribution is 2.66. The van der Waals surface area contributed by atoms with Crippen LogP contribution in [0.3, 0.4) is 0 Å². The molecule has 0 aliphatic carbocycles. The van der Waals surface area contributed by atoms with Crippen LogP contribution in [0.1, 0.15) is 6.92 Å². The predicted octanol–water partition coefficient (Wildman–Crippen LogP) is 2.84. The van der Waals surface area contributed by atoms with E-state index in [9.17, 15) is 0 Å². The lowest BCUT2D eigenvalue weighted by atomic mass is 10.9. The van der Waals surface area contributed by atoms with E-state index in [1.807, 2.05) is 6.92 Å². The van der Waals surface area contributed by atoms with Crippen LogP contribution < -0.4 is 0 Å². The fourth-order valence-corrected chi connectivity index (χ4v) is 1.41. The second kappa shape index (κ2) is 3.37. The van der Waals surface area contributed by atoms with Crippen LogP contribution in [0.2, 0.25) is 0 Å². The monoisotopic (exact) mass is 180 g/mol. The van der Waals surface area contributed by atoms with Gasteiger partial charge in [0.05, 0.1) is 6.61 Å². The Labute approximate surface area is 56.2 Å². The molecule has 0 aromatic heterocycles. The molecule has 46 valence electrons. The van der Waals surface area contributed by atoms with Crippen molar-refractivity contribution < 1.29 is 4.18 Å². The fourth-order valence-electron chi connectivity index (χ4n) is 0.157. The minimum absolute atomic E-state index is 0.561. The largest absolute Gasteiger partial charge is 0.307 e. The first-order chi connectivity index (χ1) is 3.06. The number of hydrogen-bond acceptors (Lipinski definition) is 1. The SMILES string of the molecule is CCOS(P)(Cl)Cl. The van der Waals surface area contributed by atoms with Crippen molar-refractivity contribution in [3.05, 3.63) is 0 Å². The molecule has 0 aliphatic rings. The molecule has 1 nitrogen and oxygen atoms in total. The van der Waals surface area contributed by atoms with Gasteiger partial charge in [0.2, 0.25) is 0 Å². The second-order valence-electron chi connectivity index (χ2n) is 0.865. The van der Waals surface area contributed by atoms with Crippen molar-refractivity contribution in [2.24, 2.45) is 0 Å². The molecule has 0 radical (unpaired) electrons. The molecule has 0 heterocycles. The maximum atomic E-state index is 5.42. The molecule has 5 heteroatoms. The molecule has 0 N–H and O–H groups in total. The van der Waals surface area contributed by atoms with E-state index in [0.717, 1.165) is 0 Å². The van der Waals surface area contributed by atoms with Crippen LogP contribution in [0.15, 0.2) is 0 Å². The number of rotatable bonds is 2. The first-order valence-corrected chi connectivity index (χ1v) is 6.39. The van der Waals surface area contributed by atoms with Gasteiger partial charge < -0.3 is 4.18 Å². The quantitative estimate of drug-likeness (QED) is 0.595. The molecule has 0 saturated carbocycles.